The molecule has 0 saturated heterocycles. The van der Waals surface area contributed by atoms with Crippen LogP contribution in [0.25, 0.3) is 0 Å². The molecule has 1 N–H and O–H groups in total. The van der Waals surface area contributed by atoms with Crippen LogP contribution in [0.15, 0.2) is 30.5 Å². The van der Waals surface area contributed by atoms with Crippen molar-refractivity contribution in [1.29, 1.82) is 0 Å². The van der Waals surface area contributed by atoms with Crippen LogP contribution in [0.4, 0.5) is 0 Å². The van der Waals surface area contributed by atoms with E-state index >= 15 is 0 Å². The minimum absolute atomic E-state index is 0.0792. The van der Waals surface area contributed by atoms with Crippen LogP contribution < -0.4 is 0 Å². The van der Waals surface area contributed by atoms with E-state index in [2.05, 4.69) is 60.5 Å². The predicted molar refractivity (Wildman–Crippen MR) is 104 cm³/mol. The van der Waals surface area contributed by atoms with E-state index < -0.39 is 0 Å². The molecule has 1 heterocycles. The minimum Gasteiger partial charge on any atom is -0.377 e. The van der Waals surface area contributed by atoms with Gasteiger partial charge in [-0.3, -0.25) is 0 Å². The Balaban J connectivity index is 2.08. The van der Waals surface area contributed by atoms with Crippen molar-refractivity contribution in [2.24, 2.45) is 5.41 Å². The molecule has 2 rings (SSSR count). The van der Waals surface area contributed by atoms with Gasteiger partial charge in [0.15, 0.2) is 0 Å². The number of hydrogen-bond donors (Lipinski definition) is 1. The van der Waals surface area contributed by atoms with E-state index in [-0.39, 0.29) is 17.4 Å². The van der Waals surface area contributed by atoms with E-state index in [0.717, 1.165) is 25.1 Å². The van der Waals surface area contributed by atoms with Gasteiger partial charge in [-0.2, -0.15) is 15.4 Å². The standard InChI is InChI=1S/C21H35N3O/c1-4-6-8-9-10-14-20(25-16-7-5-2)21(3)15-12-11-13-18(21)19-17-22-24-23-19/h11-13,15,17-18,20H,4-10,14,16H2,1-3H3,(H,22,23,24). The summed E-state index contributed by atoms with van der Waals surface area (Å²) in [7, 11) is 0. The summed E-state index contributed by atoms with van der Waals surface area (Å²) in [5.41, 5.74) is 0.919. The fraction of sp³-hybridized carbons (Fsp3) is 0.714. The highest BCUT2D eigenvalue weighted by atomic mass is 16.5. The van der Waals surface area contributed by atoms with Crippen LogP contribution in [0.5, 0.6) is 0 Å². The van der Waals surface area contributed by atoms with Gasteiger partial charge in [-0.05, 0) is 12.8 Å². The normalized spacial score (nSPS) is 23.9. The molecule has 3 unspecified atom stereocenters. The molecule has 0 aromatic carbocycles. The third kappa shape index (κ3) is 5.53. The molecule has 4 heteroatoms. The highest BCUT2D eigenvalue weighted by molar-refractivity contribution is 5.29. The molecule has 0 bridgehead atoms. The van der Waals surface area contributed by atoms with Gasteiger partial charge in [-0.15, -0.1) is 0 Å². The number of rotatable bonds is 12. The molecular weight excluding hydrogens is 310 g/mol. The summed E-state index contributed by atoms with van der Waals surface area (Å²) >= 11 is 0. The van der Waals surface area contributed by atoms with Crippen LogP contribution in [0.3, 0.4) is 0 Å². The number of H-pyrrole nitrogens is 1. The number of allylic oxidation sites excluding steroid dienone is 3. The zero-order valence-electron chi connectivity index (χ0n) is 16.2. The molecule has 1 aromatic rings. The van der Waals surface area contributed by atoms with Crippen molar-refractivity contribution in [3.05, 3.63) is 36.2 Å². The predicted octanol–water partition coefficient (Wildman–Crippen LogP) is 5.57. The Kier molecular flexibility index (Phi) is 8.39. The first-order chi connectivity index (χ1) is 12.2. The molecule has 140 valence electrons. The highest BCUT2D eigenvalue weighted by Gasteiger charge is 2.41. The largest absolute Gasteiger partial charge is 0.377 e. The topological polar surface area (TPSA) is 50.8 Å². The minimum atomic E-state index is -0.0792. The third-order valence-corrected chi connectivity index (χ3v) is 5.37. The Morgan fingerprint density at radius 2 is 1.92 bits per heavy atom. The highest BCUT2D eigenvalue weighted by Crippen LogP contribution is 2.45. The summed E-state index contributed by atoms with van der Waals surface area (Å²) in [6, 6.07) is 0. The molecule has 1 aliphatic carbocycles. The maximum atomic E-state index is 6.42. The van der Waals surface area contributed by atoms with E-state index in [1.807, 2.05) is 6.20 Å². The second-order valence-electron chi connectivity index (χ2n) is 7.40. The molecule has 0 aliphatic heterocycles. The number of ether oxygens (including phenoxy) is 1. The summed E-state index contributed by atoms with van der Waals surface area (Å²) in [6.45, 7) is 7.63. The van der Waals surface area contributed by atoms with Gasteiger partial charge in [0.25, 0.3) is 0 Å². The van der Waals surface area contributed by atoms with Crippen LogP contribution in [-0.4, -0.2) is 28.1 Å². The SMILES string of the molecule is CCCCCCCC(OCCCC)C1(C)C=CC=CC1c1cn[nH]n1. The van der Waals surface area contributed by atoms with E-state index in [4.69, 9.17) is 4.74 Å². The Hall–Kier alpha value is -1.42. The molecule has 0 spiro atoms. The van der Waals surface area contributed by atoms with Gasteiger partial charge in [0.2, 0.25) is 0 Å². The van der Waals surface area contributed by atoms with Gasteiger partial charge in [-0.1, -0.05) is 83.6 Å². The summed E-state index contributed by atoms with van der Waals surface area (Å²) in [4.78, 5) is 0. The van der Waals surface area contributed by atoms with Gasteiger partial charge >= 0.3 is 0 Å². The first-order valence-corrected chi connectivity index (χ1v) is 10.1. The number of nitrogens with one attached hydrogen (secondary N) is 1. The zero-order chi connectivity index (χ0) is 18.0. The van der Waals surface area contributed by atoms with Gasteiger partial charge in [0.1, 0.15) is 0 Å². The molecule has 0 radical (unpaired) electrons. The lowest BCUT2D eigenvalue weighted by Gasteiger charge is -2.41. The number of aromatic amines is 1. The quantitative estimate of drug-likeness (QED) is 0.504. The van der Waals surface area contributed by atoms with E-state index in [1.165, 1.54) is 38.5 Å². The van der Waals surface area contributed by atoms with Crippen molar-refractivity contribution >= 4 is 0 Å². The van der Waals surface area contributed by atoms with Crippen LogP contribution in [0.2, 0.25) is 0 Å². The molecular formula is C21H35N3O. The van der Waals surface area contributed by atoms with Crippen LogP contribution >= 0.6 is 0 Å². The molecule has 0 fully saturated rings. The van der Waals surface area contributed by atoms with Crippen LogP contribution in [0.1, 0.15) is 83.7 Å². The Labute approximate surface area is 153 Å². The Bertz CT molecular complexity index is 523. The van der Waals surface area contributed by atoms with Crippen LogP contribution in [0, 0.1) is 5.41 Å². The second-order valence-corrected chi connectivity index (χ2v) is 7.40. The Morgan fingerprint density at radius 3 is 2.64 bits per heavy atom. The van der Waals surface area contributed by atoms with Crippen LogP contribution in [-0.2, 0) is 4.74 Å². The van der Waals surface area contributed by atoms with Crippen molar-refractivity contribution in [3.8, 4) is 0 Å². The summed E-state index contributed by atoms with van der Waals surface area (Å²) in [6.07, 6.45) is 20.8. The number of hydrogen-bond acceptors (Lipinski definition) is 3. The lowest BCUT2D eigenvalue weighted by molar-refractivity contribution is -0.0268. The Morgan fingerprint density at radius 1 is 1.12 bits per heavy atom. The molecule has 3 atom stereocenters. The zero-order valence-corrected chi connectivity index (χ0v) is 16.2. The van der Waals surface area contributed by atoms with Crippen molar-refractivity contribution in [3.63, 3.8) is 0 Å². The summed E-state index contributed by atoms with van der Waals surface area (Å²) in [5.74, 6) is 0.207. The van der Waals surface area contributed by atoms with Gasteiger partial charge in [0, 0.05) is 17.9 Å². The van der Waals surface area contributed by atoms with Crippen molar-refractivity contribution in [2.75, 3.05) is 6.61 Å². The smallest absolute Gasteiger partial charge is 0.0902 e. The first-order valence-electron chi connectivity index (χ1n) is 10.1. The average Bonchev–Trinajstić information content (AvgIpc) is 3.14. The van der Waals surface area contributed by atoms with Crippen molar-refractivity contribution in [2.45, 2.75) is 84.2 Å². The van der Waals surface area contributed by atoms with Gasteiger partial charge < -0.3 is 4.74 Å². The number of nitrogens with zero attached hydrogens (tertiary/aromatic N) is 2. The summed E-state index contributed by atoms with van der Waals surface area (Å²) < 4.78 is 6.42. The van der Waals surface area contributed by atoms with E-state index in [1.54, 1.807) is 0 Å². The maximum absolute atomic E-state index is 6.42. The third-order valence-electron chi connectivity index (χ3n) is 5.37. The monoisotopic (exact) mass is 345 g/mol. The van der Waals surface area contributed by atoms with Crippen molar-refractivity contribution < 1.29 is 4.74 Å². The molecule has 4 nitrogen and oxygen atoms in total. The fourth-order valence-corrected chi connectivity index (χ4v) is 3.71. The maximum Gasteiger partial charge on any atom is 0.0902 e. The molecule has 1 aliphatic rings. The average molecular weight is 346 g/mol. The van der Waals surface area contributed by atoms with Gasteiger partial charge in [0.05, 0.1) is 18.0 Å². The lowest BCUT2D eigenvalue weighted by atomic mass is 9.68. The second kappa shape index (κ2) is 10.5. The lowest BCUT2D eigenvalue weighted by Crippen LogP contribution is -2.39. The van der Waals surface area contributed by atoms with Gasteiger partial charge in [-0.25, -0.2) is 0 Å². The number of aromatic nitrogens is 3. The first kappa shape index (κ1) is 19.9. The molecule has 1 aromatic heterocycles. The molecule has 0 saturated carbocycles. The number of unbranched alkanes of at least 4 members (excludes halogenated alkanes) is 5. The van der Waals surface area contributed by atoms with Crippen molar-refractivity contribution in [1.82, 2.24) is 15.4 Å². The van der Waals surface area contributed by atoms with E-state index in [9.17, 15) is 0 Å². The molecule has 0 amide bonds. The fourth-order valence-electron chi connectivity index (χ4n) is 3.71. The van der Waals surface area contributed by atoms with E-state index in [0.29, 0.717) is 0 Å². The molecule has 25 heavy (non-hydrogen) atoms. The summed E-state index contributed by atoms with van der Waals surface area (Å²) in [5, 5.41) is 11.1.